The summed E-state index contributed by atoms with van der Waals surface area (Å²) in [6.07, 6.45) is 0. The van der Waals surface area contributed by atoms with Gasteiger partial charge in [-0.1, -0.05) is 30.4 Å². The van der Waals surface area contributed by atoms with Crippen LogP contribution in [0.3, 0.4) is 0 Å². The van der Waals surface area contributed by atoms with Crippen molar-refractivity contribution in [3.8, 4) is 5.75 Å². The summed E-state index contributed by atoms with van der Waals surface area (Å²) >= 11 is 4.87. The lowest BCUT2D eigenvalue weighted by molar-refractivity contribution is 0.0872. The van der Waals surface area contributed by atoms with Crippen molar-refractivity contribution in [3.63, 3.8) is 0 Å². The van der Waals surface area contributed by atoms with E-state index in [2.05, 4.69) is 0 Å². The van der Waals surface area contributed by atoms with E-state index in [4.69, 9.17) is 27.4 Å². The fourth-order valence-corrected chi connectivity index (χ4v) is 1.87. The summed E-state index contributed by atoms with van der Waals surface area (Å²) in [7, 11) is 0. The van der Waals surface area contributed by atoms with Crippen LogP contribution in [0, 0.1) is 5.82 Å². The fraction of sp³-hybridized carbons (Fsp3) is 0.188. The van der Waals surface area contributed by atoms with Crippen molar-refractivity contribution in [2.75, 3.05) is 13.2 Å². The Labute approximate surface area is 128 Å². The highest BCUT2D eigenvalue weighted by Gasteiger charge is 2.01. The lowest BCUT2D eigenvalue weighted by Gasteiger charge is -2.08. The van der Waals surface area contributed by atoms with Gasteiger partial charge in [-0.25, -0.2) is 4.39 Å². The number of rotatable bonds is 7. The van der Waals surface area contributed by atoms with Crippen LogP contribution in [0.4, 0.5) is 4.39 Å². The molecule has 0 aliphatic heterocycles. The molecule has 2 aromatic rings. The number of thiocarbonyl (C=S) groups is 1. The molecule has 0 bridgehead atoms. The average molecular weight is 305 g/mol. The maximum Gasteiger partial charge on any atom is 0.128 e. The molecule has 0 saturated carbocycles. The van der Waals surface area contributed by atoms with Crippen molar-refractivity contribution in [1.82, 2.24) is 0 Å². The van der Waals surface area contributed by atoms with E-state index < -0.39 is 0 Å². The first-order chi connectivity index (χ1) is 10.2. The van der Waals surface area contributed by atoms with E-state index in [0.29, 0.717) is 29.5 Å². The molecule has 0 radical (unpaired) electrons. The molecule has 0 aliphatic rings. The zero-order chi connectivity index (χ0) is 15.1. The Morgan fingerprint density at radius 2 is 1.76 bits per heavy atom. The Balaban J connectivity index is 1.70. The van der Waals surface area contributed by atoms with Crippen LogP contribution in [0.2, 0.25) is 0 Å². The Morgan fingerprint density at radius 3 is 2.43 bits per heavy atom. The molecule has 0 saturated heterocycles. The highest BCUT2D eigenvalue weighted by Crippen LogP contribution is 2.12. The van der Waals surface area contributed by atoms with Gasteiger partial charge in [0.1, 0.15) is 23.2 Å². The zero-order valence-corrected chi connectivity index (χ0v) is 12.2. The number of ether oxygens (including phenoxy) is 2. The SMILES string of the molecule is NC(=S)c1ccc(OCCOCc2ccccc2F)cc1. The molecule has 0 amide bonds. The van der Waals surface area contributed by atoms with Gasteiger partial charge in [-0.15, -0.1) is 0 Å². The molecule has 0 fully saturated rings. The standard InChI is InChI=1S/C16H16FNO2S/c17-15-4-2-1-3-13(15)11-19-9-10-20-14-7-5-12(6-8-14)16(18)21/h1-8H,9-11H2,(H2,18,21). The summed E-state index contributed by atoms with van der Waals surface area (Å²) in [5, 5.41) is 0. The van der Waals surface area contributed by atoms with Crippen LogP contribution in [0.25, 0.3) is 0 Å². The van der Waals surface area contributed by atoms with E-state index in [1.54, 1.807) is 42.5 Å². The van der Waals surface area contributed by atoms with Crippen LogP contribution in [0.15, 0.2) is 48.5 Å². The lowest BCUT2D eigenvalue weighted by atomic mass is 10.2. The molecule has 2 N–H and O–H groups in total. The van der Waals surface area contributed by atoms with Crippen LogP contribution in [-0.4, -0.2) is 18.2 Å². The predicted octanol–water partition coefficient (Wildman–Crippen LogP) is 3.06. The van der Waals surface area contributed by atoms with Gasteiger partial charge in [0.2, 0.25) is 0 Å². The summed E-state index contributed by atoms with van der Waals surface area (Å²) in [5.74, 6) is 0.455. The molecule has 0 heterocycles. The molecule has 21 heavy (non-hydrogen) atoms. The highest BCUT2D eigenvalue weighted by molar-refractivity contribution is 7.80. The minimum atomic E-state index is -0.258. The summed E-state index contributed by atoms with van der Waals surface area (Å²) in [6, 6.07) is 13.7. The quantitative estimate of drug-likeness (QED) is 0.631. The van der Waals surface area contributed by atoms with Crippen molar-refractivity contribution in [2.45, 2.75) is 6.61 Å². The van der Waals surface area contributed by atoms with Crippen molar-refractivity contribution >= 4 is 17.2 Å². The second kappa shape index (κ2) is 7.71. The van der Waals surface area contributed by atoms with Gasteiger partial charge >= 0.3 is 0 Å². The molecule has 3 nitrogen and oxygen atoms in total. The molecule has 2 rings (SSSR count). The zero-order valence-electron chi connectivity index (χ0n) is 11.4. The molecule has 2 aromatic carbocycles. The van der Waals surface area contributed by atoms with Crippen molar-refractivity contribution in [1.29, 1.82) is 0 Å². The normalized spacial score (nSPS) is 10.3. The third kappa shape index (κ3) is 4.81. The Kier molecular flexibility index (Phi) is 5.66. The van der Waals surface area contributed by atoms with E-state index in [9.17, 15) is 4.39 Å². The van der Waals surface area contributed by atoms with Gasteiger partial charge in [0.15, 0.2) is 0 Å². The first kappa shape index (κ1) is 15.4. The first-order valence-electron chi connectivity index (χ1n) is 6.50. The smallest absolute Gasteiger partial charge is 0.128 e. The van der Waals surface area contributed by atoms with E-state index in [-0.39, 0.29) is 12.4 Å². The Hall–Kier alpha value is -1.98. The van der Waals surface area contributed by atoms with Gasteiger partial charge in [-0.05, 0) is 30.3 Å². The predicted molar refractivity (Wildman–Crippen MR) is 83.9 cm³/mol. The Bertz CT molecular complexity index is 601. The number of benzene rings is 2. The van der Waals surface area contributed by atoms with Crippen LogP contribution in [-0.2, 0) is 11.3 Å². The van der Waals surface area contributed by atoms with E-state index >= 15 is 0 Å². The van der Waals surface area contributed by atoms with Gasteiger partial charge in [0, 0.05) is 11.1 Å². The maximum atomic E-state index is 13.3. The van der Waals surface area contributed by atoms with E-state index in [0.717, 1.165) is 5.56 Å². The van der Waals surface area contributed by atoms with Crippen molar-refractivity contribution < 1.29 is 13.9 Å². The molecule has 110 valence electrons. The number of hydrogen-bond acceptors (Lipinski definition) is 3. The molecular formula is C16H16FNO2S. The number of halogens is 1. The summed E-state index contributed by atoms with van der Waals surface area (Å²) in [6.45, 7) is 1.00. The molecule has 0 atom stereocenters. The molecule has 5 heteroatoms. The van der Waals surface area contributed by atoms with Crippen LogP contribution in [0.1, 0.15) is 11.1 Å². The fourth-order valence-electron chi connectivity index (χ4n) is 1.73. The molecule has 0 unspecified atom stereocenters. The van der Waals surface area contributed by atoms with Gasteiger partial charge < -0.3 is 15.2 Å². The van der Waals surface area contributed by atoms with Crippen LogP contribution < -0.4 is 10.5 Å². The molecule has 0 spiro atoms. The minimum absolute atomic E-state index is 0.233. The number of nitrogens with two attached hydrogens (primary N) is 1. The summed E-state index contributed by atoms with van der Waals surface area (Å²) in [4.78, 5) is 0.356. The molecule has 0 aliphatic carbocycles. The van der Waals surface area contributed by atoms with Crippen LogP contribution >= 0.6 is 12.2 Å². The second-order valence-electron chi connectivity index (χ2n) is 4.38. The molecule has 0 aromatic heterocycles. The summed E-state index contributed by atoms with van der Waals surface area (Å²) in [5.41, 5.74) is 6.85. The second-order valence-corrected chi connectivity index (χ2v) is 4.82. The third-order valence-electron chi connectivity index (χ3n) is 2.85. The van der Waals surface area contributed by atoms with Gasteiger partial charge in [0.05, 0.1) is 13.2 Å². The van der Waals surface area contributed by atoms with Crippen LogP contribution in [0.5, 0.6) is 5.75 Å². The van der Waals surface area contributed by atoms with Crippen molar-refractivity contribution in [2.24, 2.45) is 5.73 Å². The Morgan fingerprint density at radius 1 is 1.05 bits per heavy atom. The highest BCUT2D eigenvalue weighted by atomic mass is 32.1. The molecular weight excluding hydrogens is 289 g/mol. The van der Waals surface area contributed by atoms with Crippen molar-refractivity contribution in [3.05, 3.63) is 65.5 Å². The third-order valence-corrected chi connectivity index (χ3v) is 3.09. The topological polar surface area (TPSA) is 44.5 Å². The minimum Gasteiger partial charge on any atom is -0.491 e. The largest absolute Gasteiger partial charge is 0.491 e. The number of hydrogen-bond donors (Lipinski definition) is 1. The van der Waals surface area contributed by atoms with Gasteiger partial charge in [-0.2, -0.15) is 0 Å². The lowest BCUT2D eigenvalue weighted by Crippen LogP contribution is -2.09. The first-order valence-corrected chi connectivity index (χ1v) is 6.91. The van der Waals surface area contributed by atoms with E-state index in [1.165, 1.54) is 6.07 Å². The average Bonchev–Trinajstić information content (AvgIpc) is 2.49. The maximum absolute atomic E-state index is 13.3. The van der Waals surface area contributed by atoms with E-state index in [1.807, 2.05) is 0 Å². The van der Waals surface area contributed by atoms with Gasteiger partial charge in [-0.3, -0.25) is 0 Å². The monoisotopic (exact) mass is 305 g/mol. The van der Waals surface area contributed by atoms with Gasteiger partial charge in [0.25, 0.3) is 0 Å². The summed E-state index contributed by atoms with van der Waals surface area (Å²) < 4.78 is 24.2.